The highest BCUT2D eigenvalue weighted by Gasteiger charge is 2.16. The number of hydrogen-bond donors (Lipinski definition) is 2. The molecular formula is C22H19BrN2O4. The summed E-state index contributed by atoms with van der Waals surface area (Å²) in [7, 11) is 3.07. The van der Waals surface area contributed by atoms with E-state index >= 15 is 0 Å². The number of halogens is 1. The number of rotatable bonds is 6. The molecule has 0 fully saturated rings. The van der Waals surface area contributed by atoms with Gasteiger partial charge in [0, 0.05) is 33.9 Å². The average Bonchev–Trinajstić information content (AvgIpc) is 2.74. The van der Waals surface area contributed by atoms with Crippen molar-refractivity contribution in [2.45, 2.75) is 0 Å². The molecule has 29 heavy (non-hydrogen) atoms. The summed E-state index contributed by atoms with van der Waals surface area (Å²) in [6, 6.07) is 18.9. The van der Waals surface area contributed by atoms with Gasteiger partial charge in [-0.25, -0.2) is 0 Å². The second-order valence-corrected chi connectivity index (χ2v) is 6.98. The number of carbonyl (C=O) groups excluding carboxylic acids is 2. The third kappa shape index (κ3) is 5.14. The summed E-state index contributed by atoms with van der Waals surface area (Å²) in [6.07, 6.45) is 0. The van der Waals surface area contributed by atoms with Crippen LogP contribution in [-0.2, 0) is 0 Å². The molecule has 2 N–H and O–H groups in total. The smallest absolute Gasteiger partial charge is 0.257 e. The van der Waals surface area contributed by atoms with Gasteiger partial charge in [0.1, 0.15) is 11.5 Å². The van der Waals surface area contributed by atoms with E-state index in [0.29, 0.717) is 34.0 Å². The molecule has 2 amide bonds. The van der Waals surface area contributed by atoms with E-state index in [2.05, 4.69) is 26.6 Å². The van der Waals surface area contributed by atoms with Crippen LogP contribution in [0.5, 0.6) is 11.5 Å². The molecule has 0 saturated carbocycles. The van der Waals surface area contributed by atoms with Gasteiger partial charge in [-0.2, -0.15) is 0 Å². The Morgan fingerprint density at radius 2 is 1.45 bits per heavy atom. The van der Waals surface area contributed by atoms with E-state index < -0.39 is 0 Å². The van der Waals surface area contributed by atoms with Gasteiger partial charge in [-0.3, -0.25) is 9.59 Å². The van der Waals surface area contributed by atoms with Gasteiger partial charge in [-0.05, 0) is 30.3 Å². The Labute approximate surface area is 177 Å². The minimum atomic E-state index is -0.379. The molecule has 0 aliphatic heterocycles. The first-order chi connectivity index (χ1) is 14.0. The SMILES string of the molecule is COc1cc(NC(=O)c2ccc(Br)cc2NC(=O)c2ccccc2)cc(OC)c1. The summed E-state index contributed by atoms with van der Waals surface area (Å²) >= 11 is 3.38. The molecule has 0 aromatic heterocycles. The van der Waals surface area contributed by atoms with Crippen molar-refractivity contribution in [3.63, 3.8) is 0 Å². The first kappa shape index (κ1) is 20.4. The molecule has 0 spiro atoms. The maximum absolute atomic E-state index is 12.9. The Hall–Kier alpha value is -3.32. The minimum Gasteiger partial charge on any atom is -0.497 e. The van der Waals surface area contributed by atoms with Crippen molar-refractivity contribution < 1.29 is 19.1 Å². The predicted octanol–water partition coefficient (Wildman–Crippen LogP) is 4.97. The summed E-state index contributed by atoms with van der Waals surface area (Å²) in [5.41, 5.74) is 1.71. The molecule has 0 unspecified atom stereocenters. The van der Waals surface area contributed by atoms with Crippen molar-refractivity contribution in [3.8, 4) is 11.5 Å². The van der Waals surface area contributed by atoms with Crippen LogP contribution in [0.25, 0.3) is 0 Å². The van der Waals surface area contributed by atoms with E-state index in [1.54, 1.807) is 60.7 Å². The molecule has 0 saturated heterocycles. The first-order valence-electron chi connectivity index (χ1n) is 8.70. The van der Waals surface area contributed by atoms with E-state index in [1.807, 2.05) is 6.07 Å². The van der Waals surface area contributed by atoms with Crippen LogP contribution in [0.4, 0.5) is 11.4 Å². The van der Waals surface area contributed by atoms with Crippen LogP contribution in [0.1, 0.15) is 20.7 Å². The fraction of sp³-hybridized carbons (Fsp3) is 0.0909. The Kier molecular flexibility index (Phi) is 6.51. The first-order valence-corrected chi connectivity index (χ1v) is 9.50. The Balaban J connectivity index is 1.87. The lowest BCUT2D eigenvalue weighted by Crippen LogP contribution is -2.18. The van der Waals surface area contributed by atoms with Crippen LogP contribution in [0.2, 0.25) is 0 Å². The van der Waals surface area contributed by atoms with Crippen LogP contribution >= 0.6 is 15.9 Å². The highest BCUT2D eigenvalue weighted by molar-refractivity contribution is 9.10. The molecule has 0 aliphatic carbocycles. The summed E-state index contributed by atoms with van der Waals surface area (Å²) in [5.74, 6) is 0.415. The summed E-state index contributed by atoms with van der Waals surface area (Å²) in [6.45, 7) is 0. The molecular weight excluding hydrogens is 436 g/mol. The fourth-order valence-corrected chi connectivity index (χ4v) is 3.04. The Morgan fingerprint density at radius 3 is 2.07 bits per heavy atom. The molecule has 0 heterocycles. The molecule has 7 heteroatoms. The zero-order valence-corrected chi connectivity index (χ0v) is 17.4. The number of methoxy groups -OCH3 is 2. The van der Waals surface area contributed by atoms with E-state index in [-0.39, 0.29) is 11.8 Å². The zero-order chi connectivity index (χ0) is 20.8. The number of hydrogen-bond acceptors (Lipinski definition) is 4. The maximum Gasteiger partial charge on any atom is 0.257 e. The monoisotopic (exact) mass is 454 g/mol. The zero-order valence-electron chi connectivity index (χ0n) is 15.9. The van der Waals surface area contributed by atoms with Crippen LogP contribution < -0.4 is 20.1 Å². The van der Waals surface area contributed by atoms with Gasteiger partial charge in [0.15, 0.2) is 0 Å². The standard InChI is InChI=1S/C22H19BrN2O4/c1-28-17-11-16(12-18(13-17)29-2)24-22(27)19-9-8-15(23)10-20(19)25-21(26)14-6-4-3-5-7-14/h3-13H,1-2H3,(H,24,27)(H,25,26). The Bertz CT molecular complexity index is 1020. The van der Waals surface area contributed by atoms with Crippen LogP contribution in [0, 0.1) is 0 Å². The fourth-order valence-electron chi connectivity index (χ4n) is 2.68. The quantitative estimate of drug-likeness (QED) is 0.550. The molecule has 0 radical (unpaired) electrons. The van der Waals surface area contributed by atoms with E-state index in [1.165, 1.54) is 14.2 Å². The maximum atomic E-state index is 12.9. The van der Waals surface area contributed by atoms with Gasteiger partial charge in [-0.1, -0.05) is 34.1 Å². The lowest BCUT2D eigenvalue weighted by molar-refractivity contribution is 0.102. The second-order valence-electron chi connectivity index (χ2n) is 6.07. The largest absolute Gasteiger partial charge is 0.497 e. The molecule has 6 nitrogen and oxygen atoms in total. The summed E-state index contributed by atoms with van der Waals surface area (Å²) in [4.78, 5) is 25.4. The second kappa shape index (κ2) is 9.25. The molecule has 3 aromatic rings. The van der Waals surface area contributed by atoms with E-state index in [9.17, 15) is 9.59 Å². The average molecular weight is 455 g/mol. The molecule has 0 aliphatic rings. The summed E-state index contributed by atoms with van der Waals surface area (Å²) < 4.78 is 11.2. The predicted molar refractivity (Wildman–Crippen MR) is 116 cm³/mol. The van der Waals surface area contributed by atoms with Gasteiger partial charge in [0.05, 0.1) is 25.5 Å². The lowest BCUT2D eigenvalue weighted by Gasteiger charge is -2.13. The molecule has 3 rings (SSSR count). The van der Waals surface area contributed by atoms with Crippen molar-refractivity contribution >= 4 is 39.1 Å². The Morgan fingerprint density at radius 1 is 0.793 bits per heavy atom. The van der Waals surface area contributed by atoms with Crippen molar-refractivity contribution in [3.05, 3.63) is 82.3 Å². The molecule has 0 bridgehead atoms. The van der Waals surface area contributed by atoms with Crippen molar-refractivity contribution in [1.82, 2.24) is 0 Å². The number of amides is 2. The van der Waals surface area contributed by atoms with Crippen LogP contribution in [0.15, 0.2) is 71.2 Å². The molecule has 148 valence electrons. The molecule has 0 atom stereocenters. The lowest BCUT2D eigenvalue weighted by atomic mass is 10.1. The topological polar surface area (TPSA) is 76.7 Å². The molecule has 3 aromatic carbocycles. The van der Waals surface area contributed by atoms with E-state index in [4.69, 9.17) is 9.47 Å². The van der Waals surface area contributed by atoms with Crippen molar-refractivity contribution in [1.29, 1.82) is 0 Å². The van der Waals surface area contributed by atoms with Crippen LogP contribution in [-0.4, -0.2) is 26.0 Å². The summed E-state index contributed by atoms with van der Waals surface area (Å²) in [5, 5.41) is 5.62. The van der Waals surface area contributed by atoms with Crippen LogP contribution in [0.3, 0.4) is 0 Å². The van der Waals surface area contributed by atoms with Gasteiger partial charge in [-0.15, -0.1) is 0 Å². The normalized spacial score (nSPS) is 10.2. The number of ether oxygens (including phenoxy) is 2. The van der Waals surface area contributed by atoms with E-state index in [0.717, 1.165) is 4.47 Å². The highest BCUT2D eigenvalue weighted by atomic mass is 79.9. The third-order valence-corrected chi connectivity index (χ3v) is 4.61. The highest BCUT2D eigenvalue weighted by Crippen LogP contribution is 2.28. The van der Waals surface area contributed by atoms with Gasteiger partial charge >= 0.3 is 0 Å². The minimum absolute atomic E-state index is 0.305. The van der Waals surface area contributed by atoms with Gasteiger partial charge in [0.2, 0.25) is 0 Å². The number of carbonyl (C=O) groups is 2. The third-order valence-electron chi connectivity index (χ3n) is 4.12. The number of anilines is 2. The van der Waals surface area contributed by atoms with Gasteiger partial charge in [0.25, 0.3) is 11.8 Å². The van der Waals surface area contributed by atoms with Gasteiger partial charge < -0.3 is 20.1 Å². The van der Waals surface area contributed by atoms with Crippen molar-refractivity contribution in [2.75, 3.05) is 24.9 Å². The number of nitrogens with one attached hydrogen (secondary N) is 2. The van der Waals surface area contributed by atoms with Crippen molar-refractivity contribution in [2.24, 2.45) is 0 Å². The number of benzene rings is 3.